The zero-order valence-electron chi connectivity index (χ0n) is 26.2. The van der Waals surface area contributed by atoms with E-state index in [-0.39, 0.29) is 23.8 Å². The summed E-state index contributed by atoms with van der Waals surface area (Å²) in [5.74, 6) is -0.711. The molecule has 1 N–H and O–H groups in total. The molecule has 8 heteroatoms. The predicted molar refractivity (Wildman–Crippen MR) is 176 cm³/mol. The second kappa shape index (κ2) is 15.4. The average molecular weight is 623 g/mol. The Morgan fingerprint density at radius 2 is 1.35 bits per heavy atom. The molecule has 238 valence electrons. The van der Waals surface area contributed by atoms with Crippen molar-refractivity contribution in [2.75, 3.05) is 26.2 Å². The van der Waals surface area contributed by atoms with Crippen LogP contribution < -0.4 is 9.47 Å². The first-order valence-corrected chi connectivity index (χ1v) is 15.6. The molecule has 1 aliphatic rings. The zero-order chi connectivity index (χ0) is 32.5. The first kappa shape index (κ1) is 32.4. The lowest BCUT2D eigenvalue weighted by Gasteiger charge is -2.27. The number of likely N-dealkylation sites (tertiary alicyclic amines) is 1. The Balaban J connectivity index is 1.39. The molecule has 4 aromatic rings. The Labute approximate surface area is 269 Å². The van der Waals surface area contributed by atoms with Crippen molar-refractivity contribution in [1.29, 1.82) is 0 Å². The van der Waals surface area contributed by atoms with Gasteiger partial charge in [-0.25, -0.2) is 4.39 Å². The van der Waals surface area contributed by atoms with Crippen molar-refractivity contribution in [2.45, 2.75) is 39.5 Å². The number of ketones is 1. The fourth-order valence-corrected chi connectivity index (χ4v) is 5.56. The molecule has 1 amide bonds. The molecule has 0 spiro atoms. The molecule has 0 radical (unpaired) electrons. The van der Waals surface area contributed by atoms with Gasteiger partial charge in [0, 0.05) is 12.1 Å². The SMILES string of the molecule is CCN(CC)CCCN1C(=O)C(=O)C(=C(O)c2ccc(OCc3ccc(F)cc3)cc2)[C@H]1c1ccc(OCc2ccccc2)cc1. The number of aliphatic hydroxyl groups excluding tert-OH is 1. The summed E-state index contributed by atoms with van der Waals surface area (Å²) in [7, 11) is 0. The zero-order valence-corrected chi connectivity index (χ0v) is 26.2. The fourth-order valence-electron chi connectivity index (χ4n) is 5.56. The topological polar surface area (TPSA) is 79.3 Å². The third-order valence-corrected chi connectivity index (χ3v) is 8.20. The van der Waals surface area contributed by atoms with Crippen LogP contribution in [0.3, 0.4) is 0 Å². The van der Waals surface area contributed by atoms with Crippen LogP contribution in [0.25, 0.3) is 5.76 Å². The number of ether oxygens (including phenoxy) is 2. The number of aliphatic hydroxyl groups is 1. The third-order valence-electron chi connectivity index (χ3n) is 8.20. The summed E-state index contributed by atoms with van der Waals surface area (Å²) in [5.41, 5.74) is 3.00. The Morgan fingerprint density at radius 3 is 1.93 bits per heavy atom. The summed E-state index contributed by atoms with van der Waals surface area (Å²) in [6, 6.07) is 29.2. The number of halogens is 1. The molecular formula is C38H39FN2O5. The number of amides is 1. The highest BCUT2D eigenvalue weighted by molar-refractivity contribution is 6.46. The smallest absolute Gasteiger partial charge is 0.295 e. The number of nitrogens with zero attached hydrogens (tertiary/aromatic N) is 2. The molecule has 1 fully saturated rings. The van der Waals surface area contributed by atoms with Crippen molar-refractivity contribution in [3.63, 3.8) is 0 Å². The lowest BCUT2D eigenvalue weighted by atomic mass is 9.95. The highest BCUT2D eigenvalue weighted by Gasteiger charge is 2.45. The second-order valence-electron chi connectivity index (χ2n) is 11.2. The van der Waals surface area contributed by atoms with Gasteiger partial charge in [0.25, 0.3) is 11.7 Å². The Kier molecular flexibility index (Phi) is 10.8. The molecule has 1 heterocycles. The minimum Gasteiger partial charge on any atom is -0.507 e. The van der Waals surface area contributed by atoms with Gasteiger partial charge in [0.05, 0.1) is 11.6 Å². The van der Waals surface area contributed by atoms with Crippen molar-refractivity contribution in [1.82, 2.24) is 9.80 Å². The maximum atomic E-state index is 13.5. The number of rotatable bonds is 14. The van der Waals surface area contributed by atoms with Crippen molar-refractivity contribution in [3.8, 4) is 11.5 Å². The summed E-state index contributed by atoms with van der Waals surface area (Å²) in [4.78, 5) is 30.8. The van der Waals surface area contributed by atoms with Crippen LogP contribution in [0.15, 0.2) is 109 Å². The lowest BCUT2D eigenvalue weighted by Crippen LogP contribution is -2.33. The van der Waals surface area contributed by atoms with E-state index in [1.54, 1.807) is 41.3 Å². The highest BCUT2D eigenvalue weighted by Crippen LogP contribution is 2.40. The second-order valence-corrected chi connectivity index (χ2v) is 11.2. The Bertz CT molecular complexity index is 1630. The van der Waals surface area contributed by atoms with Gasteiger partial charge in [0.1, 0.15) is 36.3 Å². The summed E-state index contributed by atoms with van der Waals surface area (Å²) in [6.45, 7) is 7.79. The van der Waals surface area contributed by atoms with E-state index in [1.165, 1.54) is 12.1 Å². The van der Waals surface area contributed by atoms with Crippen molar-refractivity contribution >= 4 is 17.4 Å². The van der Waals surface area contributed by atoms with E-state index in [1.807, 2.05) is 54.6 Å². The first-order chi connectivity index (χ1) is 22.4. The minimum atomic E-state index is -0.755. The standard InChI is InChI=1S/C38H39FN2O5/c1-3-40(4-2)23-8-24-41-35(29-13-19-32(20-14-29)45-25-27-9-6-5-7-10-27)34(37(43)38(41)44)36(42)30-15-21-33(22-16-30)46-26-28-11-17-31(39)18-12-28/h5-7,9-22,35,42H,3-4,8,23-26H2,1-2H3/t35-/m1/s1. The molecule has 1 atom stereocenters. The largest absolute Gasteiger partial charge is 0.507 e. The predicted octanol–water partition coefficient (Wildman–Crippen LogP) is 7.14. The minimum absolute atomic E-state index is 0.0470. The van der Waals surface area contributed by atoms with E-state index in [9.17, 15) is 19.1 Å². The van der Waals surface area contributed by atoms with Crippen LogP contribution in [-0.2, 0) is 22.8 Å². The quantitative estimate of drug-likeness (QED) is 0.0916. The summed E-state index contributed by atoms with van der Waals surface area (Å²) in [5, 5.41) is 11.5. The highest BCUT2D eigenvalue weighted by atomic mass is 19.1. The molecule has 7 nitrogen and oxygen atoms in total. The van der Waals surface area contributed by atoms with Gasteiger partial charge >= 0.3 is 0 Å². The Morgan fingerprint density at radius 1 is 0.783 bits per heavy atom. The van der Waals surface area contributed by atoms with Crippen LogP contribution in [0, 0.1) is 5.82 Å². The van der Waals surface area contributed by atoms with Crippen LogP contribution in [0.4, 0.5) is 4.39 Å². The number of carbonyl (C=O) groups is 2. The van der Waals surface area contributed by atoms with Crippen molar-refractivity contribution in [3.05, 3.63) is 137 Å². The molecule has 1 aliphatic heterocycles. The van der Waals surface area contributed by atoms with Crippen LogP contribution in [-0.4, -0.2) is 52.8 Å². The van der Waals surface area contributed by atoms with E-state index in [4.69, 9.17) is 9.47 Å². The lowest BCUT2D eigenvalue weighted by molar-refractivity contribution is -0.140. The molecule has 5 rings (SSSR count). The van der Waals surface area contributed by atoms with E-state index >= 15 is 0 Å². The van der Waals surface area contributed by atoms with Crippen molar-refractivity contribution in [2.24, 2.45) is 0 Å². The van der Waals surface area contributed by atoms with Crippen LogP contribution in [0.5, 0.6) is 11.5 Å². The molecule has 4 aromatic carbocycles. The van der Waals surface area contributed by atoms with Crippen LogP contribution in [0.1, 0.15) is 48.6 Å². The van der Waals surface area contributed by atoms with E-state index in [0.717, 1.165) is 30.8 Å². The molecule has 0 unspecified atom stereocenters. The normalized spacial score (nSPS) is 15.8. The molecule has 0 bridgehead atoms. The first-order valence-electron chi connectivity index (χ1n) is 15.6. The number of hydrogen-bond donors (Lipinski definition) is 1. The summed E-state index contributed by atoms with van der Waals surface area (Å²) >= 11 is 0. The van der Waals surface area contributed by atoms with E-state index in [0.29, 0.717) is 42.2 Å². The average Bonchev–Trinajstić information content (AvgIpc) is 3.34. The number of Topliss-reactive ketones (excluding diaryl/α,β-unsaturated/α-hetero) is 1. The molecule has 46 heavy (non-hydrogen) atoms. The fraction of sp³-hybridized carbons (Fsp3) is 0.263. The third kappa shape index (κ3) is 7.82. The monoisotopic (exact) mass is 622 g/mol. The maximum absolute atomic E-state index is 13.5. The van der Waals surface area contributed by atoms with Crippen LogP contribution >= 0.6 is 0 Å². The van der Waals surface area contributed by atoms with Gasteiger partial charge in [-0.3, -0.25) is 9.59 Å². The molecule has 0 saturated carbocycles. The summed E-state index contributed by atoms with van der Waals surface area (Å²) in [6.07, 6.45) is 0.684. The molecule has 0 aromatic heterocycles. The van der Waals surface area contributed by atoms with Gasteiger partial charge in [-0.15, -0.1) is 0 Å². The van der Waals surface area contributed by atoms with Gasteiger partial charge in [0.15, 0.2) is 0 Å². The number of carbonyl (C=O) groups excluding carboxylic acids is 2. The van der Waals surface area contributed by atoms with E-state index in [2.05, 4.69) is 18.7 Å². The molecular weight excluding hydrogens is 583 g/mol. The van der Waals surface area contributed by atoms with E-state index < -0.39 is 17.7 Å². The van der Waals surface area contributed by atoms with Gasteiger partial charge in [0.2, 0.25) is 0 Å². The van der Waals surface area contributed by atoms with Gasteiger partial charge in [-0.05, 0) is 91.3 Å². The van der Waals surface area contributed by atoms with Gasteiger partial charge in [-0.2, -0.15) is 0 Å². The van der Waals surface area contributed by atoms with Crippen LogP contribution in [0.2, 0.25) is 0 Å². The van der Waals surface area contributed by atoms with Crippen molar-refractivity contribution < 1.29 is 28.6 Å². The Hall–Kier alpha value is -4.95. The van der Waals surface area contributed by atoms with Gasteiger partial charge < -0.3 is 24.4 Å². The number of benzene rings is 4. The van der Waals surface area contributed by atoms with Gasteiger partial charge in [-0.1, -0.05) is 68.4 Å². The molecule has 1 saturated heterocycles. The molecule has 0 aliphatic carbocycles. The summed E-state index contributed by atoms with van der Waals surface area (Å²) < 4.78 is 25.0. The number of hydrogen-bond acceptors (Lipinski definition) is 6. The maximum Gasteiger partial charge on any atom is 0.295 e.